The molecule has 0 amide bonds. The van der Waals surface area contributed by atoms with Gasteiger partial charge in [-0.1, -0.05) is 12.2 Å². The number of hydrogen-bond donors (Lipinski definition) is 2. The van der Waals surface area contributed by atoms with Crippen LogP contribution in [0.1, 0.15) is 24.8 Å². The number of ether oxygens (including phenoxy) is 1. The fraction of sp³-hybridized carbons (Fsp3) is 0.562. The van der Waals surface area contributed by atoms with E-state index < -0.39 is 0 Å². The van der Waals surface area contributed by atoms with E-state index in [9.17, 15) is 5.11 Å². The monoisotopic (exact) mass is 308 g/mol. The molecule has 2 rings (SSSR count). The lowest BCUT2D eigenvalue weighted by Gasteiger charge is -2.34. The molecule has 0 aromatic heterocycles. The molecule has 21 heavy (non-hydrogen) atoms. The van der Waals surface area contributed by atoms with Crippen molar-refractivity contribution in [3.63, 3.8) is 0 Å². The highest BCUT2D eigenvalue weighted by molar-refractivity contribution is 7.80. The Bertz CT molecular complexity index is 458. The van der Waals surface area contributed by atoms with E-state index in [0.717, 1.165) is 43.7 Å². The largest absolute Gasteiger partial charge is 0.494 e. The lowest BCUT2D eigenvalue weighted by Crippen LogP contribution is -2.37. The molecule has 5 heteroatoms. The number of nitrogens with zero attached hydrogens (tertiary/aromatic N) is 1. The summed E-state index contributed by atoms with van der Waals surface area (Å²) >= 11 is 4.91. The van der Waals surface area contributed by atoms with Crippen molar-refractivity contribution in [2.75, 3.05) is 26.7 Å². The van der Waals surface area contributed by atoms with Crippen LogP contribution in [0, 0.1) is 5.92 Å². The van der Waals surface area contributed by atoms with Crippen LogP contribution in [0.4, 0.5) is 0 Å². The van der Waals surface area contributed by atoms with Gasteiger partial charge < -0.3 is 20.5 Å². The maximum atomic E-state index is 9.27. The molecule has 116 valence electrons. The minimum atomic E-state index is -0.0592. The minimum Gasteiger partial charge on any atom is -0.494 e. The lowest BCUT2D eigenvalue weighted by molar-refractivity contribution is 0.0278. The van der Waals surface area contributed by atoms with Gasteiger partial charge in [0, 0.05) is 18.7 Å². The van der Waals surface area contributed by atoms with Crippen molar-refractivity contribution in [2.45, 2.75) is 25.4 Å². The van der Waals surface area contributed by atoms with Crippen LogP contribution >= 0.6 is 12.2 Å². The number of hydrogen-bond acceptors (Lipinski definition) is 4. The Hall–Kier alpha value is -1.17. The van der Waals surface area contributed by atoms with Crippen LogP contribution in [-0.4, -0.2) is 47.8 Å². The van der Waals surface area contributed by atoms with E-state index in [1.807, 2.05) is 24.3 Å². The number of nitrogens with two attached hydrogens (primary N) is 1. The van der Waals surface area contributed by atoms with Gasteiger partial charge in [-0.15, -0.1) is 0 Å². The van der Waals surface area contributed by atoms with Crippen LogP contribution in [0.5, 0.6) is 5.75 Å². The Morgan fingerprint density at radius 3 is 2.62 bits per heavy atom. The Kier molecular flexibility index (Phi) is 5.96. The van der Waals surface area contributed by atoms with Gasteiger partial charge in [-0.2, -0.15) is 0 Å². The van der Waals surface area contributed by atoms with Crippen LogP contribution in [-0.2, 0) is 0 Å². The van der Waals surface area contributed by atoms with Crippen LogP contribution in [0.3, 0.4) is 0 Å². The molecule has 1 aromatic rings. The number of thiocarbonyl (C=S) groups is 1. The predicted octanol–water partition coefficient (Wildman–Crippen LogP) is 1.79. The van der Waals surface area contributed by atoms with Crippen LogP contribution in [0.2, 0.25) is 0 Å². The molecule has 0 unspecified atom stereocenters. The second-order valence-electron chi connectivity index (χ2n) is 5.84. The maximum absolute atomic E-state index is 9.27. The highest BCUT2D eigenvalue weighted by Gasteiger charge is 2.27. The summed E-state index contributed by atoms with van der Waals surface area (Å²) in [5.74, 6) is 1.51. The lowest BCUT2D eigenvalue weighted by atomic mass is 9.82. The van der Waals surface area contributed by atoms with Crippen molar-refractivity contribution in [3.05, 3.63) is 29.8 Å². The summed E-state index contributed by atoms with van der Waals surface area (Å²) in [6.45, 7) is 2.78. The maximum Gasteiger partial charge on any atom is 0.119 e. The van der Waals surface area contributed by atoms with Gasteiger partial charge in [-0.05, 0) is 56.5 Å². The molecule has 1 fully saturated rings. The highest BCUT2D eigenvalue weighted by atomic mass is 32.1. The van der Waals surface area contributed by atoms with Gasteiger partial charge in [-0.3, -0.25) is 0 Å². The number of aliphatic hydroxyl groups is 1. The summed E-state index contributed by atoms with van der Waals surface area (Å²) in [6, 6.07) is 7.55. The third-order valence-electron chi connectivity index (χ3n) is 3.87. The second kappa shape index (κ2) is 7.73. The van der Waals surface area contributed by atoms with Crippen molar-refractivity contribution in [2.24, 2.45) is 11.7 Å². The molecule has 0 atom stereocenters. The van der Waals surface area contributed by atoms with Gasteiger partial charge >= 0.3 is 0 Å². The van der Waals surface area contributed by atoms with Gasteiger partial charge in [0.1, 0.15) is 10.7 Å². The first kappa shape index (κ1) is 16.2. The van der Waals surface area contributed by atoms with Crippen LogP contribution < -0.4 is 10.5 Å². The first-order valence-corrected chi connectivity index (χ1v) is 7.84. The van der Waals surface area contributed by atoms with E-state index in [0.29, 0.717) is 17.5 Å². The Labute approximate surface area is 131 Å². The van der Waals surface area contributed by atoms with Gasteiger partial charge in [0.2, 0.25) is 0 Å². The first-order chi connectivity index (χ1) is 10.0. The third-order valence-corrected chi connectivity index (χ3v) is 4.11. The quantitative estimate of drug-likeness (QED) is 0.566. The van der Waals surface area contributed by atoms with Crippen LogP contribution in [0.25, 0.3) is 0 Å². The van der Waals surface area contributed by atoms with E-state index in [1.165, 1.54) is 0 Å². The van der Waals surface area contributed by atoms with Crippen LogP contribution in [0.15, 0.2) is 24.3 Å². The molecular formula is C16H24N2O2S. The number of benzene rings is 1. The summed E-state index contributed by atoms with van der Waals surface area (Å²) in [5.41, 5.74) is 6.41. The van der Waals surface area contributed by atoms with E-state index in [2.05, 4.69) is 11.9 Å². The predicted molar refractivity (Wildman–Crippen MR) is 88.7 cm³/mol. The number of aliphatic hydroxyl groups excluding tert-OH is 1. The standard InChI is InChI=1S/C16H24N2O2S/c1-18(11-12-9-14(19)10-12)7-2-8-20-15-5-3-13(4-6-15)16(17)21/h3-6,12,14,19H,2,7-11H2,1H3,(H2,17,21). The molecule has 0 heterocycles. The zero-order chi connectivity index (χ0) is 15.2. The average Bonchev–Trinajstić information content (AvgIpc) is 2.42. The summed E-state index contributed by atoms with van der Waals surface area (Å²) in [7, 11) is 2.13. The van der Waals surface area contributed by atoms with Crippen molar-refractivity contribution in [1.29, 1.82) is 0 Å². The van der Waals surface area contributed by atoms with E-state index in [4.69, 9.17) is 22.7 Å². The Balaban J connectivity index is 1.59. The highest BCUT2D eigenvalue weighted by Crippen LogP contribution is 2.27. The SMILES string of the molecule is CN(CCCOc1ccc(C(N)=S)cc1)CC1CC(O)C1. The Morgan fingerprint density at radius 2 is 2.05 bits per heavy atom. The molecule has 1 aliphatic carbocycles. The van der Waals surface area contributed by atoms with Crippen molar-refractivity contribution in [3.8, 4) is 5.75 Å². The molecular weight excluding hydrogens is 284 g/mol. The topological polar surface area (TPSA) is 58.7 Å². The molecule has 3 N–H and O–H groups in total. The fourth-order valence-corrected chi connectivity index (χ4v) is 2.76. The zero-order valence-corrected chi connectivity index (χ0v) is 13.3. The van der Waals surface area contributed by atoms with Crippen molar-refractivity contribution >= 4 is 17.2 Å². The fourth-order valence-electron chi connectivity index (χ4n) is 2.62. The molecule has 0 saturated heterocycles. The molecule has 0 aliphatic heterocycles. The molecule has 4 nitrogen and oxygen atoms in total. The normalized spacial score (nSPS) is 21.1. The zero-order valence-electron chi connectivity index (χ0n) is 12.5. The summed E-state index contributed by atoms with van der Waals surface area (Å²) in [6.07, 6.45) is 2.84. The second-order valence-corrected chi connectivity index (χ2v) is 6.28. The average molecular weight is 308 g/mol. The van der Waals surface area contributed by atoms with E-state index in [-0.39, 0.29) is 6.10 Å². The summed E-state index contributed by atoms with van der Waals surface area (Å²) in [5, 5.41) is 9.27. The van der Waals surface area contributed by atoms with Crippen molar-refractivity contribution in [1.82, 2.24) is 4.90 Å². The van der Waals surface area contributed by atoms with E-state index in [1.54, 1.807) is 0 Å². The van der Waals surface area contributed by atoms with E-state index >= 15 is 0 Å². The summed E-state index contributed by atoms with van der Waals surface area (Å²) in [4.78, 5) is 2.72. The smallest absolute Gasteiger partial charge is 0.119 e. The third kappa shape index (κ3) is 5.26. The molecule has 0 bridgehead atoms. The molecule has 0 radical (unpaired) electrons. The van der Waals surface area contributed by atoms with Gasteiger partial charge in [0.25, 0.3) is 0 Å². The molecule has 1 saturated carbocycles. The van der Waals surface area contributed by atoms with Crippen molar-refractivity contribution < 1.29 is 9.84 Å². The number of rotatable bonds is 8. The first-order valence-electron chi connectivity index (χ1n) is 7.44. The minimum absolute atomic E-state index is 0.0592. The molecule has 0 spiro atoms. The van der Waals surface area contributed by atoms with Gasteiger partial charge in [0.05, 0.1) is 12.7 Å². The molecule has 1 aliphatic rings. The molecule has 1 aromatic carbocycles. The van der Waals surface area contributed by atoms with Gasteiger partial charge in [0.15, 0.2) is 0 Å². The summed E-state index contributed by atoms with van der Waals surface area (Å²) < 4.78 is 5.70. The van der Waals surface area contributed by atoms with Gasteiger partial charge in [-0.25, -0.2) is 0 Å². The Morgan fingerprint density at radius 1 is 1.38 bits per heavy atom.